The van der Waals surface area contributed by atoms with E-state index >= 15 is 0 Å². The molecule has 0 aliphatic carbocycles. The Hall–Kier alpha value is -3.08. The van der Waals surface area contributed by atoms with E-state index in [0.29, 0.717) is 19.3 Å². The van der Waals surface area contributed by atoms with Gasteiger partial charge in [-0.05, 0) is 31.4 Å². The summed E-state index contributed by atoms with van der Waals surface area (Å²) in [5.74, 6) is -3.87. The number of nitrogens with zero attached hydrogens (tertiary/aromatic N) is 1. The summed E-state index contributed by atoms with van der Waals surface area (Å²) in [4.78, 5) is 60.5. The number of nitrogens with one attached hydrogen (secondary N) is 1. The first-order chi connectivity index (χ1) is 15.6. The second kappa shape index (κ2) is 10.2. The van der Waals surface area contributed by atoms with Crippen LogP contribution >= 0.6 is 0 Å². The number of hydrogen-bond donors (Lipinski definition) is 2. The van der Waals surface area contributed by atoms with E-state index in [0.717, 1.165) is 24.2 Å². The lowest BCUT2D eigenvalue weighted by Gasteiger charge is -2.27. The highest BCUT2D eigenvalue weighted by Crippen LogP contribution is 2.32. The quantitative estimate of drug-likeness (QED) is 0.359. The molecule has 0 radical (unpaired) electrons. The van der Waals surface area contributed by atoms with Crippen molar-refractivity contribution >= 4 is 39.4 Å². The van der Waals surface area contributed by atoms with Crippen LogP contribution in [-0.2, 0) is 24.2 Å². The fourth-order valence-electron chi connectivity index (χ4n) is 4.13. The molecule has 10 nitrogen and oxygen atoms in total. The maximum absolute atomic E-state index is 13.1. The summed E-state index contributed by atoms with van der Waals surface area (Å²) < 4.78 is 25.9. The summed E-state index contributed by atoms with van der Waals surface area (Å²) >= 11 is 0. The standard InChI is InChI=1S/C22H26N2O8S/c25-17-12-11-15(20(28)23-17)24-21(29)14-8-7-9-16(19(14)22(24)30)33(31,32)13-6-4-2-1-3-5-10-18(26)27/h7-9,15H,1-6,10-13H2,(H,26,27)(H,23,25,28). The summed E-state index contributed by atoms with van der Waals surface area (Å²) in [5, 5.41) is 10.7. The Morgan fingerprint density at radius 1 is 1.00 bits per heavy atom. The third-order valence-corrected chi connectivity index (χ3v) is 7.66. The molecule has 33 heavy (non-hydrogen) atoms. The number of carboxylic acid groups (broad SMARTS) is 1. The molecule has 0 bridgehead atoms. The summed E-state index contributed by atoms with van der Waals surface area (Å²) in [7, 11) is -3.86. The number of hydrogen-bond acceptors (Lipinski definition) is 7. The zero-order valence-corrected chi connectivity index (χ0v) is 18.9. The summed E-state index contributed by atoms with van der Waals surface area (Å²) in [5.41, 5.74) is -0.287. The van der Waals surface area contributed by atoms with Gasteiger partial charge in [0.2, 0.25) is 11.8 Å². The fourth-order valence-corrected chi connectivity index (χ4v) is 5.73. The molecule has 0 saturated carbocycles. The molecule has 2 heterocycles. The van der Waals surface area contributed by atoms with Gasteiger partial charge in [0.1, 0.15) is 6.04 Å². The Labute approximate surface area is 191 Å². The molecular weight excluding hydrogens is 452 g/mol. The molecule has 2 aliphatic rings. The molecule has 2 aliphatic heterocycles. The van der Waals surface area contributed by atoms with Gasteiger partial charge in [-0.1, -0.05) is 31.7 Å². The van der Waals surface area contributed by atoms with Gasteiger partial charge < -0.3 is 5.11 Å². The monoisotopic (exact) mass is 478 g/mol. The van der Waals surface area contributed by atoms with E-state index in [9.17, 15) is 32.4 Å². The molecule has 0 aromatic heterocycles. The third-order valence-electron chi connectivity index (χ3n) is 5.82. The molecular formula is C22H26N2O8S. The topological polar surface area (TPSA) is 155 Å². The van der Waals surface area contributed by atoms with Crippen molar-refractivity contribution in [3.05, 3.63) is 29.3 Å². The number of carboxylic acids is 1. The number of carbonyl (C=O) groups is 5. The summed E-state index contributed by atoms with van der Waals surface area (Å²) in [6, 6.07) is 2.89. The van der Waals surface area contributed by atoms with Crippen molar-refractivity contribution in [3.63, 3.8) is 0 Å². The van der Waals surface area contributed by atoms with Crippen molar-refractivity contribution in [1.29, 1.82) is 0 Å². The van der Waals surface area contributed by atoms with Crippen molar-refractivity contribution in [2.24, 2.45) is 0 Å². The molecule has 1 saturated heterocycles. The molecule has 0 spiro atoms. The molecule has 1 aromatic rings. The molecule has 178 valence electrons. The summed E-state index contributed by atoms with van der Waals surface area (Å²) in [6.07, 6.45) is 4.01. The van der Waals surface area contributed by atoms with Crippen molar-refractivity contribution in [2.45, 2.75) is 68.7 Å². The smallest absolute Gasteiger partial charge is 0.303 e. The van der Waals surface area contributed by atoms with Crippen LogP contribution in [-0.4, -0.2) is 59.8 Å². The third kappa shape index (κ3) is 5.47. The minimum Gasteiger partial charge on any atom is -0.481 e. The Kier molecular flexibility index (Phi) is 7.62. The molecule has 1 atom stereocenters. The molecule has 4 amide bonds. The number of sulfone groups is 1. The van der Waals surface area contributed by atoms with Gasteiger partial charge in [-0.15, -0.1) is 0 Å². The first-order valence-corrected chi connectivity index (χ1v) is 12.6. The van der Waals surface area contributed by atoms with Gasteiger partial charge in [0.25, 0.3) is 11.8 Å². The highest BCUT2D eigenvalue weighted by atomic mass is 32.2. The molecule has 3 rings (SSSR count). The number of fused-ring (bicyclic) bond motifs is 1. The van der Waals surface area contributed by atoms with Crippen molar-refractivity contribution in [3.8, 4) is 0 Å². The first kappa shape index (κ1) is 24.6. The van der Waals surface area contributed by atoms with E-state index in [1.165, 1.54) is 18.2 Å². The number of amides is 4. The predicted molar refractivity (Wildman–Crippen MR) is 115 cm³/mol. The largest absolute Gasteiger partial charge is 0.481 e. The highest BCUT2D eigenvalue weighted by molar-refractivity contribution is 7.91. The van der Waals surface area contributed by atoms with Crippen molar-refractivity contribution < 1.29 is 37.5 Å². The summed E-state index contributed by atoms with van der Waals surface area (Å²) in [6.45, 7) is 0. The molecule has 1 aromatic carbocycles. The Bertz CT molecular complexity index is 1100. The van der Waals surface area contributed by atoms with Crippen LogP contribution in [0.5, 0.6) is 0 Å². The van der Waals surface area contributed by atoms with E-state index < -0.39 is 45.5 Å². The van der Waals surface area contributed by atoms with E-state index in [-0.39, 0.29) is 41.0 Å². The molecule has 1 fully saturated rings. The number of rotatable bonds is 11. The van der Waals surface area contributed by atoms with Crippen LogP contribution in [0.25, 0.3) is 0 Å². The zero-order chi connectivity index (χ0) is 24.2. The van der Waals surface area contributed by atoms with E-state index in [4.69, 9.17) is 5.11 Å². The number of carbonyl (C=O) groups excluding carboxylic acids is 4. The Morgan fingerprint density at radius 2 is 1.67 bits per heavy atom. The maximum atomic E-state index is 13.1. The van der Waals surface area contributed by atoms with E-state index in [2.05, 4.69) is 5.32 Å². The van der Waals surface area contributed by atoms with Crippen LogP contribution in [0.3, 0.4) is 0 Å². The van der Waals surface area contributed by atoms with Crippen LogP contribution < -0.4 is 5.32 Å². The number of unbranched alkanes of at least 4 members (excludes halogenated alkanes) is 5. The predicted octanol–water partition coefficient (Wildman–Crippen LogP) is 1.68. The average Bonchev–Trinajstić information content (AvgIpc) is 3.00. The number of aliphatic carboxylic acids is 1. The van der Waals surface area contributed by atoms with Gasteiger partial charge >= 0.3 is 5.97 Å². The lowest BCUT2D eigenvalue weighted by molar-refractivity contribution is -0.138. The van der Waals surface area contributed by atoms with Crippen molar-refractivity contribution in [2.75, 3.05) is 5.75 Å². The minimum atomic E-state index is -3.86. The number of benzene rings is 1. The fraction of sp³-hybridized carbons (Fsp3) is 0.500. The second-order valence-corrected chi connectivity index (χ2v) is 10.3. The van der Waals surface area contributed by atoms with Crippen LogP contribution in [0.2, 0.25) is 0 Å². The Balaban J connectivity index is 1.66. The number of imide groups is 2. The van der Waals surface area contributed by atoms with Gasteiger partial charge in [-0.3, -0.25) is 34.2 Å². The van der Waals surface area contributed by atoms with E-state index in [1.807, 2.05) is 0 Å². The van der Waals surface area contributed by atoms with Gasteiger partial charge in [0, 0.05) is 12.8 Å². The van der Waals surface area contributed by atoms with Gasteiger partial charge in [0.15, 0.2) is 9.84 Å². The van der Waals surface area contributed by atoms with Crippen molar-refractivity contribution in [1.82, 2.24) is 10.2 Å². The van der Waals surface area contributed by atoms with Gasteiger partial charge in [0.05, 0.1) is 21.8 Å². The molecule has 1 unspecified atom stereocenters. The van der Waals surface area contributed by atoms with E-state index in [1.54, 1.807) is 0 Å². The lowest BCUT2D eigenvalue weighted by atomic mass is 10.0. The maximum Gasteiger partial charge on any atom is 0.303 e. The molecule has 2 N–H and O–H groups in total. The number of piperidine rings is 1. The van der Waals surface area contributed by atoms with Crippen LogP contribution in [0.1, 0.15) is 78.5 Å². The molecule has 11 heteroatoms. The van der Waals surface area contributed by atoms with Crippen LogP contribution in [0.15, 0.2) is 23.1 Å². The SMILES string of the molecule is O=C(O)CCCCCCCCS(=O)(=O)c1cccc2c1C(=O)N(C1CCC(=O)NC1=O)C2=O. The lowest BCUT2D eigenvalue weighted by Crippen LogP contribution is -2.54. The van der Waals surface area contributed by atoms with Crippen LogP contribution in [0.4, 0.5) is 0 Å². The van der Waals surface area contributed by atoms with Gasteiger partial charge in [-0.25, -0.2) is 8.42 Å². The highest BCUT2D eigenvalue weighted by Gasteiger charge is 2.46. The zero-order valence-electron chi connectivity index (χ0n) is 18.0. The minimum absolute atomic E-state index is 0.00924. The second-order valence-electron chi connectivity index (χ2n) is 8.21. The average molecular weight is 479 g/mol. The normalized spacial score (nSPS) is 18.4. The van der Waals surface area contributed by atoms with Gasteiger partial charge in [-0.2, -0.15) is 0 Å². The Morgan fingerprint density at radius 3 is 2.33 bits per heavy atom. The van der Waals surface area contributed by atoms with Crippen LogP contribution in [0, 0.1) is 0 Å². The first-order valence-electron chi connectivity index (χ1n) is 10.9.